The zero-order chi connectivity index (χ0) is 16.1. The summed E-state index contributed by atoms with van der Waals surface area (Å²) in [6.45, 7) is 0. The van der Waals surface area contributed by atoms with Crippen LogP contribution in [0.3, 0.4) is 0 Å². The number of hydrogen-bond donors (Lipinski definition) is 0. The molecule has 2 rings (SSSR count). The summed E-state index contributed by atoms with van der Waals surface area (Å²) in [5.41, 5.74) is 2.68. The molecule has 0 aromatic heterocycles. The third-order valence-electron chi connectivity index (χ3n) is 3.22. The van der Waals surface area contributed by atoms with Crippen molar-refractivity contribution in [1.82, 2.24) is 0 Å². The van der Waals surface area contributed by atoms with Gasteiger partial charge in [0.2, 0.25) is 0 Å². The van der Waals surface area contributed by atoms with Gasteiger partial charge < -0.3 is 4.90 Å². The molecule has 2 aromatic rings. The van der Waals surface area contributed by atoms with Crippen LogP contribution in [0.5, 0.6) is 0 Å². The molecule has 0 radical (unpaired) electrons. The fourth-order valence-corrected chi connectivity index (χ4v) is 1.97. The van der Waals surface area contributed by atoms with Gasteiger partial charge in [0.15, 0.2) is 0 Å². The largest absolute Gasteiger partial charge is 0.378 e. The summed E-state index contributed by atoms with van der Waals surface area (Å²) in [6.07, 6.45) is 3.67. The molecule has 0 N–H and O–H groups in total. The Kier molecular flexibility index (Phi) is 4.54. The Morgan fingerprint density at radius 2 is 1.68 bits per heavy atom. The molecule has 5 heteroatoms. The van der Waals surface area contributed by atoms with E-state index in [2.05, 4.69) is 0 Å². The highest BCUT2D eigenvalue weighted by Crippen LogP contribution is 2.21. The van der Waals surface area contributed by atoms with Gasteiger partial charge in [-0.2, -0.15) is 5.26 Å². The van der Waals surface area contributed by atoms with Crippen LogP contribution in [0.15, 0.2) is 42.5 Å². The lowest BCUT2D eigenvalue weighted by atomic mass is 10.1. The van der Waals surface area contributed by atoms with Crippen LogP contribution < -0.4 is 4.90 Å². The van der Waals surface area contributed by atoms with E-state index in [9.17, 15) is 10.1 Å². The maximum Gasteiger partial charge on any atom is 0.287 e. The SMILES string of the molecule is CN(C)c1ccc(C=Cc2ccc(C#N)c([N+](=O)[O-])c2)cc1. The molecule has 0 amide bonds. The first-order valence-corrected chi connectivity index (χ1v) is 6.65. The normalized spacial score (nSPS) is 10.4. The Morgan fingerprint density at radius 1 is 1.09 bits per heavy atom. The van der Waals surface area contributed by atoms with Crippen molar-refractivity contribution in [3.8, 4) is 6.07 Å². The smallest absolute Gasteiger partial charge is 0.287 e. The zero-order valence-electron chi connectivity index (χ0n) is 12.4. The highest BCUT2D eigenvalue weighted by Gasteiger charge is 2.13. The van der Waals surface area contributed by atoms with E-state index in [1.54, 1.807) is 12.1 Å². The molecule has 0 fully saturated rings. The Hall–Kier alpha value is -3.13. The first kappa shape index (κ1) is 15.3. The van der Waals surface area contributed by atoms with Gasteiger partial charge in [0.1, 0.15) is 11.6 Å². The van der Waals surface area contributed by atoms with Crippen molar-refractivity contribution in [3.05, 3.63) is 69.3 Å². The van der Waals surface area contributed by atoms with E-state index in [0.29, 0.717) is 5.56 Å². The lowest BCUT2D eigenvalue weighted by molar-refractivity contribution is -0.385. The summed E-state index contributed by atoms with van der Waals surface area (Å²) < 4.78 is 0. The van der Waals surface area contributed by atoms with E-state index in [-0.39, 0.29) is 11.3 Å². The van der Waals surface area contributed by atoms with E-state index >= 15 is 0 Å². The third-order valence-corrected chi connectivity index (χ3v) is 3.22. The molecule has 0 atom stereocenters. The Labute approximate surface area is 128 Å². The van der Waals surface area contributed by atoms with Gasteiger partial charge in [0.05, 0.1) is 4.92 Å². The van der Waals surface area contributed by atoms with Crippen molar-refractivity contribution in [1.29, 1.82) is 5.26 Å². The van der Waals surface area contributed by atoms with Crippen LogP contribution in [-0.2, 0) is 0 Å². The highest BCUT2D eigenvalue weighted by molar-refractivity contribution is 5.72. The van der Waals surface area contributed by atoms with E-state index < -0.39 is 4.92 Å². The summed E-state index contributed by atoms with van der Waals surface area (Å²) in [7, 11) is 3.95. The quantitative estimate of drug-likeness (QED) is 0.489. The summed E-state index contributed by atoms with van der Waals surface area (Å²) >= 11 is 0. The van der Waals surface area contributed by atoms with Gasteiger partial charge in [-0.1, -0.05) is 30.4 Å². The topological polar surface area (TPSA) is 70.2 Å². The van der Waals surface area contributed by atoms with Crippen LogP contribution in [0.2, 0.25) is 0 Å². The number of benzene rings is 2. The van der Waals surface area contributed by atoms with Crippen LogP contribution in [0.4, 0.5) is 11.4 Å². The predicted molar refractivity (Wildman–Crippen MR) is 87.5 cm³/mol. The minimum absolute atomic E-state index is 0.0671. The summed E-state index contributed by atoms with van der Waals surface area (Å²) in [6, 6.07) is 14.3. The molecule has 0 saturated carbocycles. The molecule has 0 spiro atoms. The number of nitro benzene ring substituents is 1. The van der Waals surface area contributed by atoms with Gasteiger partial charge in [-0.05, 0) is 29.3 Å². The number of nitro groups is 1. The average molecular weight is 293 g/mol. The molecular weight excluding hydrogens is 278 g/mol. The molecule has 110 valence electrons. The van der Waals surface area contributed by atoms with E-state index in [4.69, 9.17) is 5.26 Å². The molecule has 2 aromatic carbocycles. The van der Waals surface area contributed by atoms with Gasteiger partial charge in [-0.3, -0.25) is 10.1 Å². The molecule has 0 unspecified atom stereocenters. The zero-order valence-corrected chi connectivity index (χ0v) is 12.4. The number of rotatable bonds is 4. The fraction of sp³-hybridized carbons (Fsp3) is 0.118. The maximum atomic E-state index is 10.9. The fourth-order valence-electron chi connectivity index (χ4n) is 1.97. The summed E-state index contributed by atoms with van der Waals surface area (Å²) in [5.74, 6) is 0. The number of anilines is 1. The van der Waals surface area contributed by atoms with Gasteiger partial charge >= 0.3 is 0 Å². The number of hydrogen-bond acceptors (Lipinski definition) is 4. The molecule has 0 aliphatic heterocycles. The molecule has 0 saturated heterocycles. The molecule has 0 aliphatic rings. The molecule has 0 aliphatic carbocycles. The second kappa shape index (κ2) is 6.55. The van der Waals surface area contributed by atoms with Crippen molar-refractivity contribution in [2.24, 2.45) is 0 Å². The van der Waals surface area contributed by atoms with Crippen LogP contribution in [0.1, 0.15) is 16.7 Å². The first-order valence-electron chi connectivity index (χ1n) is 6.65. The van der Waals surface area contributed by atoms with Crippen molar-refractivity contribution in [2.75, 3.05) is 19.0 Å². The minimum Gasteiger partial charge on any atom is -0.378 e. The van der Waals surface area contributed by atoms with Crippen molar-refractivity contribution in [3.63, 3.8) is 0 Å². The lowest BCUT2D eigenvalue weighted by Crippen LogP contribution is -2.07. The molecule has 0 heterocycles. The van der Waals surface area contributed by atoms with Crippen LogP contribution >= 0.6 is 0 Å². The van der Waals surface area contributed by atoms with Gasteiger partial charge in [-0.25, -0.2) is 0 Å². The van der Waals surface area contributed by atoms with E-state index in [1.807, 2.05) is 55.4 Å². The first-order chi connectivity index (χ1) is 10.5. The third kappa shape index (κ3) is 3.49. The standard InChI is InChI=1S/C17H15N3O2/c1-19(2)16-9-6-13(7-10-16)3-4-14-5-8-15(12-18)17(11-14)20(21)22/h3-11H,1-2H3. The summed E-state index contributed by atoms with van der Waals surface area (Å²) in [4.78, 5) is 12.4. The Bertz CT molecular complexity index is 756. The van der Waals surface area contributed by atoms with Crippen molar-refractivity contribution >= 4 is 23.5 Å². The summed E-state index contributed by atoms with van der Waals surface area (Å²) in [5, 5.41) is 19.8. The Balaban J connectivity index is 2.25. The molecule has 0 bridgehead atoms. The Morgan fingerprint density at radius 3 is 2.23 bits per heavy atom. The monoisotopic (exact) mass is 293 g/mol. The lowest BCUT2D eigenvalue weighted by Gasteiger charge is -2.11. The van der Waals surface area contributed by atoms with Crippen LogP contribution in [-0.4, -0.2) is 19.0 Å². The second-order valence-electron chi connectivity index (χ2n) is 4.96. The molecule has 22 heavy (non-hydrogen) atoms. The van der Waals surface area contributed by atoms with E-state index in [1.165, 1.54) is 12.1 Å². The second-order valence-corrected chi connectivity index (χ2v) is 4.96. The maximum absolute atomic E-state index is 10.9. The highest BCUT2D eigenvalue weighted by atomic mass is 16.6. The van der Waals surface area contributed by atoms with Gasteiger partial charge in [0.25, 0.3) is 5.69 Å². The average Bonchev–Trinajstić information content (AvgIpc) is 2.53. The molecular formula is C17H15N3O2. The van der Waals surface area contributed by atoms with Crippen LogP contribution in [0, 0.1) is 21.4 Å². The van der Waals surface area contributed by atoms with Gasteiger partial charge in [-0.15, -0.1) is 0 Å². The molecule has 5 nitrogen and oxygen atoms in total. The van der Waals surface area contributed by atoms with Crippen LogP contribution in [0.25, 0.3) is 12.2 Å². The van der Waals surface area contributed by atoms with Crippen molar-refractivity contribution in [2.45, 2.75) is 0 Å². The number of nitrogens with zero attached hydrogens (tertiary/aromatic N) is 3. The van der Waals surface area contributed by atoms with Crippen molar-refractivity contribution < 1.29 is 4.92 Å². The predicted octanol–water partition coefficient (Wildman–Crippen LogP) is 3.70. The number of nitriles is 1. The van der Waals surface area contributed by atoms with Gasteiger partial charge in [0, 0.05) is 25.8 Å². The minimum atomic E-state index is -0.540. The van der Waals surface area contributed by atoms with E-state index in [0.717, 1.165) is 11.3 Å².